The lowest BCUT2D eigenvalue weighted by molar-refractivity contribution is 0.0468. The first-order valence-corrected chi connectivity index (χ1v) is 4.91. The van der Waals surface area contributed by atoms with Crippen molar-refractivity contribution in [2.75, 3.05) is 13.2 Å². The Morgan fingerprint density at radius 2 is 2.19 bits per heavy atom. The summed E-state index contributed by atoms with van der Waals surface area (Å²) in [6, 6.07) is 8.44. The number of rotatable bonds is 3. The molecule has 1 fully saturated rings. The van der Waals surface area contributed by atoms with Gasteiger partial charge < -0.3 is 14.8 Å². The zero-order valence-corrected chi connectivity index (χ0v) is 8.51. The monoisotopic (exact) mass is 221 g/mol. The summed E-state index contributed by atoms with van der Waals surface area (Å²) in [5.41, 5.74) is 0.493. The molecular formula is C11H11NO4. The van der Waals surface area contributed by atoms with Crippen LogP contribution < -0.4 is 5.32 Å². The SMILES string of the molecule is O=C1N[C@H](COC(=O)c2ccccc2)CO1. The molecular weight excluding hydrogens is 210 g/mol. The van der Waals surface area contributed by atoms with Crippen molar-refractivity contribution in [1.29, 1.82) is 0 Å². The molecule has 0 saturated carbocycles. The maximum absolute atomic E-state index is 11.5. The van der Waals surface area contributed by atoms with Gasteiger partial charge in [-0.1, -0.05) is 18.2 Å². The first-order valence-electron chi connectivity index (χ1n) is 4.91. The lowest BCUT2D eigenvalue weighted by Gasteiger charge is -2.08. The van der Waals surface area contributed by atoms with Gasteiger partial charge >= 0.3 is 12.1 Å². The van der Waals surface area contributed by atoms with Gasteiger partial charge in [0.15, 0.2) is 0 Å². The Kier molecular flexibility index (Phi) is 3.05. The number of esters is 1. The summed E-state index contributed by atoms with van der Waals surface area (Å²) < 4.78 is 9.69. The van der Waals surface area contributed by atoms with Gasteiger partial charge in [-0.25, -0.2) is 9.59 Å². The molecule has 1 N–H and O–H groups in total. The standard InChI is InChI=1S/C11H11NO4/c13-10(8-4-2-1-3-5-8)15-6-9-7-16-11(14)12-9/h1-5,9H,6-7H2,(H,12,14)/t9-/m1/s1. The number of hydrogen-bond donors (Lipinski definition) is 1. The van der Waals surface area contributed by atoms with E-state index in [1.54, 1.807) is 24.3 Å². The molecule has 0 bridgehead atoms. The van der Waals surface area contributed by atoms with E-state index in [-0.39, 0.29) is 19.3 Å². The van der Waals surface area contributed by atoms with Gasteiger partial charge in [-0.2, -0.15) is 0 Å². The fourth-order valence-electron chi connectivity index (χ4n) is 1.35. The summed E-state index contributed by atoms with van der Waals surface area (Å²) in [4.78, 5) is 22.2. The summed E-state index contributed by atoms with van der Waals surface area (Å²) in [6.07, 6.45) is -0.472. The van der Waals surface area contributed by atoms with Crippen LogP contribution in [0.3, 0.4) is 0 Å². The highest BCUT2D eigenvalue weighted by Crippen LogP contribution is 2.03. The molecule has 1 amide bonds. The van der Waals surface area contributed by atoms with Crippen LogP contribution in [0.2, 0.25) is 0 Å². The molecule has 0 aromatic heterocycles. The molecule has 1 saturated heterocycles. The van der Waals surface area contributed by atoms with E-state index in [0.29, 0.717) is 5.56 Å². The van der Waals surface area contributed by atoms with Gasteiger partial charge in [-0.3, -0.25) is 0 Å². The van der Waals surface area contributed by atoms with Crippen LogP contribution in [0.4, 0.5) is 4.79 Å². The Morgan fingerprint density at radius 1 is 1.44 bits per heavy atom. The van der Waals surface area contributed by atoms with Crippen LogP contribution in [-0.4, -0.2) is 31.3 Å². The summed E-state index contributed by atoms with van der Waals surface area (Å²) >= 11 is 0. The summed E-state index contributed by atoms with van der Waals surface area (Å²) in [6.45, 7) is 0.361. The molecule has 2 rings (SSSR count). The molecule has 1 atom stereocenters. The quantitative estimate of drug-likeness (QED) is 0.772. The molecule has 1 aliphatic rings. The largest absolute Gasteiger partial charge is 0.460 e. The molecule has 1 aromatic carbocycles. The molecule has 1 aromatic rings. The second kappa shape index (κ2) is 4.65. The van der Waals surface area contributed by atoms with Crippen LogP contribution in [0, 0.1) is 0 Å². The smallest absolute Gasteiger partial charge is 0.407 e. The highest BCUT2D eigenvalue weighted by Gasteiger charge is 2.23. The average molecular weight is 221 g/mol. The first kappa shape index (κ1) is 10.5. The third-order valence-electron chi connectivity index (χ3n) is 2.16. The number of nitrogens with one attached hydrogen (secondary N) is 1. The number of alkyl carbamates (subject to hydrolysis) is 1. The first-order chi connectivity index (χ1) is 7.75. The topological polar surface area (TPSA) is 64.6 Å². The molecule has 5 nitrogen and oxygen atoms in total. The van der Waals surface area contributed by atoms with E-state index in [0.717, 1.165) is 0 Å². The molecule has 5 heteroatoms. The van der Waals surface area contributed by atoms with Crippen molar-refractivity contribution in [1.82, 2.24) is 5.32 Å². The van der Waals surface area contributed by atoms with E-state index in [4.69, 9.17) is 4.74 Å². The molecule has 0 radical (unpaired) electrons. The minimum absolute atomic E-state index is 0.124. The van der Waals surface area contributed by atoms with Crippen LogP contribution in [0.5, 0.6) is 0 Å². The van der Waals surface area contributed by atoms with Crippen LogP contribution in [0.15, 0.2) is 30.3 Å². The van der Waals surface area contributed by atoms with Crippen molar-refractivity contribution in [3.8, 4) is 0 Å². The van der Waals surface area contributed by atoms with E-state index in [2.05, 4.69) is 10.1 Å². The third kappa shape index (κ3) is 2.50. The summed E-state index contributed by atoms with van der Waals surface area (Å²) in [7, 11) is 0. The zero-order chi connectivity index (χ0) is 11.4. The van der Waals surface area contributed by atoms with Crippen molar-refractivity contribution in [2.24, 2.45) is 0 Å². The van der Waals surface area contributed by atoms with E-state index < -0.39 is 12.1 Å². The molecule has 0 aliphatic carbocycles. The molecule has 0 unspecified atom stereocenters. The maximum Gasteiger partial charge on any atom is 0.407 e. The minimum Gasteiger partial charge on any atom is -0.460 e. The maximum atomic E-state index is 11.5. The normalized spacial score (nSPS) is 18.8. The predicted molar refractivity (Wildman–Crippen MR) is 55.0 cm³/mol. The van der Waals surface area contributed by atoms with Crippen molar-refractivity contribution in [2.45, 2.75) is 6.04 Å². The molecule has 1 heterocycles. The van der Waals surface area contributed by atoms with E-state index in [1.807, 2.05) is 6.07 Å². The molecule has 84 valence electrons. The Balaban J connectivity index is 1.82. The van der Waals surface area contributed by atoms with Gasteiger partial charge in [0.05, 0.1) is 5.56 Å². The number of hydrogen-bond acceptors (Lipinski definition) is 4. The van der Waals surface area contributed by atoms with Crippen molar-refractivity contribution in [3.63, 3.8) is 0 Å². The van der Waals surface area contributed by atoms with Gasteiger partial charge in [0, 0.05) is 0 Å². The number of cyclic esters (lactones) is 1. The van der Waals surface area contributed by atoms with Crippen LogP contribution in [0.1, 0.15) is 10.4 Å². The molecule has 16 heavy (non-hydrogen) atoms. The highest BCUT2D eigenvalue weighted by molar-refractivity contribution is 5.89. The molecule has 1 aliphatic heterocycles. The van der Waals surface area contributed by atoms with E-state index in [9.17, 15) is 9.59 Å². The Labute approximate surface area is 92.4 Å². The Hall–Kier alpha value is -2.04. The van der Waals surface area contributed by atoms with E-state index >= 15 is 0 Å². The predicted octanol–water partition coefficient (Wildman–Crippen LogP) is 0.952. The third-order valence-corrected chi connectivity index (χ3v) is 2.16. The summed E-state index contributed by atoms with van der Waals surface area (Å²) in [5, 5.41) is 2.52. The Morgan fingerprint density at radius 3 is 2.81 bits per heavy atom. The number of benzene rings is 1. The fraction of sp³-hybridized carbons (Fsp3) is 0.273. The number of ether oxygens (including phenoxy) is 2. The van der Waals surface area contributed by atoms with Gasteiger partial charge in [0.1, 0.15) is 19.3 Å². The zero-order valence-electron chi connectivity index (χ0n) is 8.51. The second-order valence-corrected chi connectivity index (χ2v) is 3.40. The van der Waals surface area contributed by atoms with E-state index in [1.165, 1.54) is 0 Å². The van der Waals surface area contributed by atoms with Crippen molar-refractivity contribution in [3.05, 3.63) is 35.9 Å². The Bertz CT molecular complexity index is 390. The average Bonchev–Trinajstić information content (AvgIpc) is 2.73. The lowest BCUT2D eigenvalue weighted by atomic mass is 10.2. The van der Waals surface area contributed by atoms with Gasteiger partial charge in [-0.15, -0.1) is 0 Å². The fourth-order valence-corrected chi connectivity index (χ4v) is 1.35. The molecule has 0 spiro atoms. The van der Waals surface area contributed by atoms with Crippen LogP contribution in [0.25, 0.3) is 0 Å². The second-order valence-electron chi connectivity index (χ2n) is 3.40. The van der Waals surface area contributed by atoms with Gasteiger partial charge in [0.25, 0.3) is 0 Å². The minimum atomic E-state index is -0.472. The van der Waals surface area contributed by atoms with Crippen LogP contribution >= 0.6 is 0 Å². The lowest BCUT2D eigenvalue weighted by Crippen LogP contribution is -2.31. The highest BCUT2D eigenvalue weighted by atomic mass is 16.6. The number of amides is 1. The van der Waals surface area contributed by atoms with Crippen LogP contribution in [-0.2, 0) is 9.47 Å². The van der Waals surface area contributed by atoms with Crippen molar-refractivity contribution < 1.29 is 19.1 Å². The number of carbonyl (C=O) groups is 2. The summed E-state index contributed by atoms with van der Waals surface area (Å²) in [5.74, 6) is -0.401. The van der Waals surface area contributed by atoms with Gasteiger partial charge in [-0.05, 0) is 12.1 Å². The van der Waals surface area contributed by atoms with Gasteiger partial charge in [0.2, 0.25) is 0 Å². The number of carbonyl (C=O) groups excluding carboxylic acids is 2. The van der Waals surface area contributed by atoms with Crippen molar-refractivity contribution >= 4 is 12.1 Å².